The number of nitrogens with two attached hydrogens (primary N) is 1. The van der Waals surface area contributed by atoms with Crippen LogP contribution in [-0.4, -0.2) is 21.5 Å². The highest BCUT2D eigenvalue weighted by atomic mass is 16.3. The van der Waals surface area contributed by atoms with Gasteiger partial charge in [0.05, 0.1) is 11.7 Å². The van der Waals surface area contributed by atoms with E-state index in [1.54, 1.807) is 0 Å². The summed E-state index contributed by atoms with van der Waals surface area (Å²) in [6, 6.07) is 1.77. The lowest BCUT2D eigenvalue weighted by molar-refractivity contribution is 0.275. The SMILES string of the molecule is CC(C)Cn1ccc(C(N)CCO)n1. The minimum atomic E-state index is -0.145. The van der Waals surface area contributed by atoms with Gasteiger partial charge in [-0.05, 0) is 18.4 Å². The van der Waals surface area contributed by atoms with Crippen LogP contribution in [0.1, 0.15) is 32.0 Å². The van der Waals surface area contributed by atoms with Gasteiger partial charge < -0.3 is 10.8 Å². The number of hydrogen-bond donors (Lipinski definition) is 2. The van der Waals surface area contributed by atoms with Crippen molar-refractivity contribution in [2.24, 2.45) is 11.7 Å². The second kappa shape index (κ2) is 5.12. The molecule has 4 nitrogen and oxygen atoms in total. The zero-order valence-electron chi connectivity index (χ0n) is 8.85. The summed E-state index contributed by atoms with van der Waals surface area (Å²) >= 11 is 0. The molecule has 0 aromatic carbocycles. The van der Waals surface area contributed by atoms with Crippen LogP contribution in [0, 0.1) is 5.92 Å². The van der Waals surface area contributed by atoms with Gasteiger partial charge in [-0.1, -0.05) is 13.8 Å². The van der Waals surface area contributed by atoms with Gasteiger partial charge in [0.1, 0.15) is 0 Å². The van der Waals surface area contributed by atoms with Crippen molar-refractivity contribution >= 4 is 0 Å². The molecule has 1 rings (SSSR count). The standard InChI is InChI=1S/C10H19N3O/c1-8(2)7-13-5-3-10(12-13)9(11)4-6-14/h3,5,8-9,14H,4,6-7,11H2,1-2H3. The van der Waals surface area contributed by atoms with Crippen molar-refractivity contribution < 1.29 is 5.11 Å². The van der Waals surface area contributed by atoms with Gasteiger partial charge in [0.25, 0.3) is 0 Å². The minimum Gasteiger partial charge on any atom is -0.396 e. The van der Waals surface area contributed by atoms with E-state index >= 15 is 0 Å². The Balaban J connectivity index is 2.58. The van der Waals surface area contributed by atoms with E-state index in [1.807, 2.05) is 16.9 Å². The van der Waals surface area contributed by atoms with Crippen molar-refractivity contribution in [3.05, 3.63) is 18.0 Å². The maximum atomic E-state index is 8.74. The first kappa shape index (κ1) is 11.2. The quantitative estimate of drug-likeness (QED) is 0.737. The summed E-state index contributed by atoms with van der Waals surface area (Å²) in [5, 5.41) is 13.1. The molecule has 1 atom stereocenters. The van der Waals surface area contributed by atoms with Crippen LogP contribution in [0.25, 0.3) is 0 Å². The fourth-order valence-electron chi connectivity index (χ4n) is 1.34. The molecule has 4 heteroatoms. The van der Waals surface area contributed by atoms with Crippen molar-refractivity contribution in [3.63, 3.8) is 0 Å². The van der Waals surface area contributed by atoms with Gasteiger partial charge in [0, 0.05) is 19.3 Å². The number of aliphatic hydroxyl groups is 1. The summed E-state index contributed by atoms with van der Waals surface area (Å²) in [5.41, 5.74) is 6.67. The first-order valence-electron chi connectivity index (χ1n) is 5.03. The molecule has 80 valence electrons. The van der Waals surface area contributed by atoms with E-state index in [1.165, 1.54) is 0 Å². The highest BCUT2D eigenvalue weighted by molar-refractivity contribution is 5.04. The van der Waals surface area contributed by atoms with Crippen molar-refractivity contribution in [1.82, 2.24) is 9.78 Å². The van der Waals surface area contributed by atoms with Gasteiger partial charge in [-0.3, -0.25) is 4.68 Å². The summed E-state index contributed by atoms with van der Waals surface area (Å²) in [5.74, 6) is 0.580. The van der Waals surface area contributed by atoms with Gasteiger partial charge in [0.15, 0.2) is 0 Å². The Kier molecular flexibility index (Phi) is 4.10. The van der Waals surface area contributed by atoms with Crippen LogP contribution < -0.4 is 5.73 Å². The molecule has 0 spiro atoms. The highest BCUT2D eigenvalue weighted by Gasteiger charge is 2.08. The van der Waals surface area contributed by atoms with Crippen LogP contribution in [0.5, 0.6) is 0 Å². The third-order valence-corrected chi connectivity index (χ3v) is 2.03. The maximum Gasteiger partial charge on any atom is 0.0792 e. The molecule has 0 radical (unpaired) electrons. The monoisotopic (exact) mass is 197 g/mol. The lowest BCUT2D eigenvalue weighted by atomic mass is 10.2. The van der Waals surface area contributed by atoms with E-state index in [4.69, 9.17) is 10.8 Å². The second-order valence-corrected chi connectivity index (χ2v) is 3.98. The summed E-state index contributed by atoms with van der Waals surface area (Å²) < 4.78 is 1.90. The van der Waals surface area contributed by atoms with Gasteiger partial charge >= 0.3 is 0 Å². The molecule has 1 unspecified atom stereocenters. The van der Waals surface area contributed by atoms with Crippen LogP contribution in [-0.2, 0) is 6.54 Å². The van der Waals surface area contributed by atoms with Gasteiger partial charge in [-0.15, -0.1) is 0 Å². The van der Waals surface area contributed by atoms with Crippen LogP contribution >= 0.6 is 0 Å². The minimum absolute atomic E-state index is 0.109. The zero-order valence-corrected chi connectivity index (χ0v) is 8.85. The molecule has 1 aromatic rings. The molecule has 0 aliphatic heterocycles. The molecular formula is C10H19N3O. The van der Waals surface area contributed by atoms with E-state index in [9.17, 15) is 0 Å². The van der Waals surface area contributed by atoms with Gasteiger partial charge in [0.2, 0.25) is 0 Å². The first-order valence-corrected chi connectivity index (χ1v) is 5.03. The Bertz CT molecular complexity index is 270. The number of rotatable bonds is 5. The molecule has 3 N–H and O–H groups in total. The number of nitrogens with zero attached hydrogens (tertiary/aromatic N) is 2. The Morgan fingerprint density at radius 3 is 2.86 bits per heavy atom. The van der Waals surface area contributed by atoms with Crippen LogP contribution in [0.3, 0.4) is 0 Å². The average Bonchev–Trinajstić information content (AvgIpc) is 2.52. The Morgan fingerprint density at radius 2 is 2.29 bits per heavy atom. The fourth-order valence-corrected chi connectivity index (χ4v) is 1.34. The average molecular weight is 197 g/mol. The van der Waals surface area contributed by atoms with Crippen molar-refractivity contribution in [2.75, 3.05) is 6.61 Å². The number of aliphatic hydroxyl groups excluding tert-OH is 1. The first-order chi connectivity index (χ1) is 6.63. The third kappa shape index (κ3) is 3.12. The fraction of sp³-hybridized carbons (Fsp3) is 0.700. The van der Waals surface area contributed by atoms with E-state index in [0.29, 0.717) is 12.3 Å². The normalized spacial score (nSPS) is 13.5. The molecule has 14 heavy (non-hydrogen) atoms. The smallest absolute Gasteiger partial charge is 0.0792 e. The van der Waals surface area contributed by atoms with Gasteiger partial charge in [-0.2, -0.15) is 5.10 Å². The summed E-state index contributed by atoms with van der Waals surface area (Å²) in [6.07, 6.45) is 2.51. The molecule has 1 aromatic heterocycles. The van der Waals surface area contributed by atoms with Crippen LogP contribution in [0.2, 0.25) is 0 Å². The van der Waals surface area contributed by atoms with E-state index in [-0.39, 0.29) is 12.6 Å². The lowest BCUT2D eigenvalue weighted by Crippen LogP contribution is -2.14. The Morgan fingerprint density at radius 1 is 1.57 bits per heavy atom. The number of hydrogen-bond acceptors (Lipinski definition) is 3. The Hall–Kier alpha value is -0.870. The Labute approximate surface area is 84.7 Å². The van der Waals surface area contributed by atoms with Crippen molar-refractivity contribution in [2.45, 2.75) is 32.9 Å². The molecule has 0 aliphatic rings. The van der Waals surface area contributed by atoms with Gasteiger partial charge in [-0.25, -0.2) is 0 Å². The maximum absolute atomic E-state index is 8.74. The molecule has 0 aliphatic carbocycles. The van der Waals surface area contributed by atoms with E-state index in [0.717, 1.165) is 12.2 Å². The second-order valence-electron chi connectivity index (χ2n) is 3.98. The van der Waals surface area contributed by atoms with Crippen LogP contribution in [0.4, 0.5) is 0 Å². The summed E-state index contributed by atoms with van der Waals surface area (Å²) in [7, 11) is 0. The molecule has 0 amide bonds. The summed E-state index contributed by atoms with van der Waals surface area (Å²) in [6.45, 7) is 5.31. The van der Waals surface area contributed by atoms with Crippen molar-refractivity contribution in [1.29, 1.82) is 0 Å². The predicted molar refractivity (Wildman–Crippen MR) is 55.7 cm³/mol. The molecule has 0 saturated carbocycles. The molecular weight excluding hydrogens is 178 g/mol. The third-order valence-electron chi connectivity index (χ3n) is 2.03. The molecule has 0 saturated heterocycles. The summed E-state index contributed by atoms with van der Waals surface area (Å²) in [4.78, 5) is 0. The molecule has 0 fully saturated rings. The van der Waals surface area contributed by atoms with E-state index < -0.39 is 0 Å². The largest absolute Gasteiger partial charge is 0.396 e. The molecule has 1 heterocycles. The zero-order chi connectivity index (χ0) is 10.6. The van der Waals surface area contributed by atoms with E-state index in [2.05, 4.69) is 18.9 Å². The van der Waals surface area contributed by atoms with Crippen LogP contribution in [0.15, 0.2) is 12.3 Å². The highest BCUT2D eigenvalue weighted by Crippen LogP contribution is 2.11. The lowest BCUT2D eigenvalue weighted by Gasteiger charge is -2.07. The molecule has 0 bridgehead atoms. The predicted octanol–water partition coefficient (Wildman–Crippen LogP) is 0.921. The van der Waals surface area contributed by atoms with Crippen molar-refractivity contribution in [3.8, 4) is 0 Å². The topological polar surface area (TPSA) is 64.1 Å². The number of aromatic nitrogens is 2.